The van der Waals surface area contributed by atoms with Crippen LogP contribution in [0.25, 0.3) is 0 Å². The Kier molecular flexibility index (Phi) is 4.32. The third-order valence-electron chi connectivity index (χ3n) is 2.44. The third-order valence-corrected chi connectivity index (χ3v) is 2.44. The number of nitrogens with zero attached hydrogens (tertiary/aromatic N) is 1. The number of alkyl halides is 1. The Balaban J connectivity index is 2.58. The fourth-order valence-electron chi connectivity index (χ4n) is 1.57. The second kappa shape index (κ2) is 5.37. The molecular weight excluding hydrogens is 241 g/mol. The minimum Gasteiger partial charge on any atom is -0.479 e. The predicted octanol–water partition coefficient (Wildman–Crippen LogP) is 1.98. The van der Waals surface area contributed by atoms with Crippen LogP contribution in [0, 0.1) is 0 Å². The van der Waals surface area contributed by atoms with E-state index >= 15 is 0 Å². The summed E-state index contributed by atoms with van der Waals surface area (Å²) in [6, 6.07) is 0. The Hall–Kier alpha value is -1.59. The van der Waals surface area contributed by atoms with Gasteiger partial charge in [-0.3, -0.25) is 0 Å². The molecule has 0 aliphatic carbocycles. The van der Waals surface area contributed by atoms with Crippen molar-refractivity contribution in [2.24, 2.45) is 0 Å². The van der Waals surface area contributed by atoms with Gasteiger partial charge in [-0.15, -0.1) is 0 Å². The average molecular weight is 259 g/mol. The zero-order valence-electron chi connectivity index (χ0n) is 10.8. The maximum atomic E-state index is 13.2. The highest BCUT2D eigenvalue weighted by molar-refractivity contribution is 5.76. The quantitative estimate of drug-likeness (QED) is 0.770. The highest BCUT2D eigenvalue weighted by atomic mass is 19.1. The van der Waals surface area contributed by atoms with Gasteiger partial charge in [-0.1, -0.05) is 6.08 Å². The van der Waals surface area contributed by atoms with E-state index in [9.17, 15) is 14.0 Å². The number of hydrogen-bond acceptors (Lipinski definition) is 3. The van der Waals surface area contributed by atoms with E-state index in [-0.39, 0.29) is 25.1 Å². The van der Waals surface area contributed by atoms with Gasteiger partial charge in [0.05, 0.1) is 0 Å². The third kappa shape index (κ3) is 4.01. The topological polar surface area (TPSA) is 66.8 Å². The lowest BCUT2D eigenvalue weighted by Crippen LogP contribution is -2.40. The smallest absolute Gasteiger partial charge is 0.410 e. The van der Waals surface area contributed by atoms with Crippen molar-refractivity contribution in [1.29, 1.82) is 0 Å². The lowest BCUT2D eigenvalue weighted by atomic mass is 10.0. The number of rotatable bonds is 2. The molecule has 1 rings (SSSR count). The molecule has 1 amide bonds. The largest absolute Gasteiger partial charge is 0.479 e. The number of aliphatic carboxylic acids is 1. The Bertz CT molecular complexity index is 373. The number of hydrogen-bond donors (Lipinski definition) is 1. The molecule has 0 radical (unpaired) electrons. The van der Waals surface area contributed by atoms with Crippen molar-refractivity contribution >= 4 is 12.1 Å². The molecule has 1 atom stereocenters. The maximum Gasteiger partial charge on any atom is 0.410 e. The molecule has 0 aromatic carbocycles. The van der Waals surface area contributed by atoms with E-state index in [0.29, 0.717) is 0 Å². The van der Waals surface area contributed by atoms with Gasteiger partial charge in [-0.2, -0.15) is 0 Å². The van der Waals surface area contributed by atoms with Gasteiger partial charge in [-0.05, 0) is 32.8 Å². The summed E-state index contributed by atoms with van der Waals surface area (Å²) in [7, 11) is 0. The van der Waals surface area contributed by atoms with E-state index < -0.39 is 23.8 Å². The summed E-state index contributed by atoms with van der Waals surface area (Å²) < 4.78 is 18.4. The van der Waals surface area contributed by atoms with Gasteiger partial charge < -0.3 is 14.7 Å². The van der Waals surface area contributed by atoms with Crippen LogP contribution in [0.2, 0.25) is 0 Å². The van der Waals surface area contributed by atoms with Crippen molar-refractivity contribution in [3.8, 4) is 0 Å². The molecule has 1 heterocycles. The second-order valence-electron chi connectivity index (χ2n) is 5.16. The van der Waals surface area contributed by atoms with Gasteiger partial charge in [0.1, 0.15) is 5.60 Å². The molecule has 0 aromatic rings. The van der Waals surface area contributed by atoms with E-state index in [1.54, 1.807) is 20.8 Å². The highest BCUT2D eigenvalue weighted by Crippen LogP contribution is 2.19. The molecule has 1 unspecified atom stereocenters. The Morgan fingerprint density at radius 3 is 2.50 bits per heavy atom. The van der Waals surface area contributed by atoms with Crippen molar-refractivity contribution < 1.29 is 23.8 Å². The summed E-state index contributed by atoms with van der Waals surface area (Å²) in [6.07, 6.45) is -0.798. The first-order valence-electron chi connectivity index (χ1n) is 5.74. The minimum atomic E-state index is -1.98. The monoisotopic (exact) mass is 259 g/mol. The molecule has 0 bridgehead atoms. The molecule has 6 heteroatoms. The molecule has 0 saturated carbocycles. The number of amides is 1. The molecule has 0 spiro atoms. The summed E-state index contributed by atoms with van der Waals surface area (Å²) in [5.41, 5.74) is -0.368. The normalized spacial score (nSPS) is 18.0. The number of carboxylic acid groups (broad SMARTS) is 1. The molecule has 102 valence electrons. The minimum absolute atomic E-state index is 0.179. The Labute approximate surface area is 105 Å². The fourth-order valence-corrected chi connectivity index (χ4v) is 1.57. The second-order valence-corrected chi connectivity index (χ2v) is 5.16. The fraction of sp³-hybridized carbons (Fsp3) is 0.667. The van der Waals surface area contributed by atoms with Gasteiger partial charge in [0, 0.05) is 13.1 Å². The van der Waals surface area contributed by atoms with Gasteiger partial charge in [0.25, 0.3) is 0 Å². The van der Waals surface area contributed by atoms with Gasteiger partial charge in [0.2, 0.25) is 6.17 Å². The first kappa shape index (κ1) is 14.5. The van der Waals surface area contributed by atoms with Crippen LogP contribution >= 0.6 is 0 Å². The van der Waals surface area contributed by atoms with Crippen molar-refractivity contribution in [2.75, 3.05) is 13.1 Å². The predicted molar refractivity (Wildman–Crippen MR) is 63.0 cm³/mol. The summed E-state index contributed by atoms with van der Waals surface area (Å²) >= 11 is 0. The lowest BCUT2D eigenvalue weighted by Gasteiger charge is -2.29. The molecule has 5 nitrogen and oxygen atoms in total. The van der Waals surface area contributed by atoms with Gasteiger partial charge in [-0.25, -0.2) is 14.0 Å². The van der Waals surface area contributed by atoms with Crippen LogP contribution < -0.4 is 0 Å². The first-order valence-corrected chi connectivity index (χ1v) is 5.74. The average Bonchev–Trinajstić information content (AvgIpc) is 2.26. The maximum absolute atomic E-state index is 13.2. The number of halogens is 1. The van der Waals surface area contributed by atoms with Crippen molar-refractivity contribution in [3.63, 3.8) is 0 Å². The van der Waals surface area contributed by atoms with Crippen LogP contribution in [0.4, 0.5) is 9.18 Å². The van der Waals surface area contributed by atoms with E-state index in [1.807, 2.05) is 0 Å². The van der Waals surface area contributed by atoms with Crippen LogP contribution in [0.3, 0.4) is 0 Å². The SMILES string of the molecule is CC(C)(C)OC(=O)N1CC=C(C(F)C(=O)O)CC1. The van der Waals surface area contributed by atoms with E-state index in [0.717, 1.165) is 0 Å². The standard InChI is InChI=1S/C12H18FNO4/c1-12(2,3)18-11(17)14-6-4-8(5-7-14)9(13)10(15)16/h4,9H,5-7H2,1-3H3,(H,15,16). The van der Waals surface area contributed by atoms with Crippen LogP contribution in [-0.4, -0.2) is 46.9 Å². The molecule has 1 aliphatic heterocycles. The Morgan fingerprint density at radius 1 is 1.50 bits per heavy atom. The van der Waals surface area contributed by atoms with Crippen LogP contribution in [0.1, 0.15) is 27.2 Å². The molecule has 18 heavy (non-hydrogen) atoms. The summed E-state index contributed by atoms with van der Waals surface area (Å²) in [6.45, 7) is 5.74. The lowest BCUT2D eigenvalue weighted by molar-refractivity contribution is -0.141. The van der Waals surface area contributed by atoms with E-state index in [1.165, 1.54) is 11.0 Å². The number of carbonyl (C=O) groups is 2. The van der Waals surface area contributed by atoms with Crippen molar-refractivity contribution in [3.05, 3.63) is 11.6 Å². The van der Waals surface area contributed by atoms with Crippen LogP contribution in [-0.2, 0) is 9.53 Å². The summed E-state index contributed by atoms with van der Waals surface area (Å²) in [4.78, 5) is 23.6. The molecule has 1 N–H and O–H groups in total. The van der Waals surface area contributed by atoms with E-state index in [2.05, 4.69) is 0 Å². The van der Waals surface area contributed by atoms with Crippen molar-refractivity contribution in [1.82, 2.24) is 4.90 Å². The first-order chi connectivity index (χ1) is 8.20. The van der Waals surface area contributed by atoms with Crippen molar-refractivity contribution in [2.45, 2.75) is 39.0 Å². The number of carbonyl (C=O) groups excluding carboxylic acids is 1. The van der Waals surface area contributed by atoms with Crippen LogP contribution in [0.5, 0.6) is 0 Å². The molecule has 1 aliphatic rings. The van der Waals surface area contributed by atoms with Crippen LogP contribution in [0.15, 0.2) is 11.6 Å². The van der Waals surface area contributed by atoms with Gasteiger partial charge >= 0.3 is 12.1 Å². The number of carboxylic acids is 1. The number of ether oxygens (including phenoxy) is 1. The molecule has 0 saturated heterocycles. The Morgan fingerprint density at radius 2 is 2.11 bits per heavy atom. The molecule has 0 aromatic heterocycles. The highest BCUT2D eigenvalue weighted by Gasteiger charge is 2.28. The zero-order valence-corrected chi connectivity index (χ0v) is 10.8. The van der Waals surface area contributed by atoms with Gasteiger partial charge in [0.15, 0.2) is 0 Å². The zero-order chi connectivity index (χ0) is 13.9. The molecule has 0 fully saturated rings. The summed E-state index contributed by atoms with van der Waals surface area (Å²) in [5, 5.41) is 8.54. The summed E-state index contributed by atoms with van der Waals surface area (Å²) in [5.74, 6) is -1.49. The molecular formula is C12H18FNO4. The van der Waals surface area contributed by atoms with E-state index in [4.69, 9.17) is 9.84 Å².